The van der Waals surface area contributed by atoms with Crippen LogP contribution >= 0.6 is 11.8 Å². The molecule has 0 spiro atoms. The number of aromatic nitrogens is 2. The van der Waals surface area contributed by atoms with E-state index >= 15 is 0 Å². The lowest BCUT2D eigenvalue weighted by Crippen LogP contribution is -2.38. The van der Waals surface area contributed by atoms with Gasteiger partial charge >= 0.3 is 0 Å². The molecule has 7 nitrogen and oxygen atoms in total. The van der Waals surface area contributed by atoms with Crippen molar-refractivity contribution in [3.05, 3.63) is 83.9 Å². The number of aliphatic hydroxyl groups excluding tert-OH is 1. The molecule has 1 aromatic heterocycles. The van der Waals surface area contributed by atoms with Gasteiger partial charge in [-0.3, -0.25) is 0 Å². The van der Waals surface area contributed by atoms with Crippen molar-refractivity contribution in [1.29, 1.82) is 0 Å². The molecule has 0 unspecified atom stereocenters. The van der Waals surface area contributed by atoms with Gasteiger partial charge in [0, 0.05) is 41.9 Å². The molecule has 0 bridgehead atoms. The Hall–Kier alpha value is -3.17. The molecule has 38 heavy (non-hydrogen) atoms. The minimum absolute atomic E-state index is 0.0217. The van der Waals surface area contributed by atoms with Crippen molar-refractivity contribution in [3.8, 4) is 0 Å². The summed E-state index contributed by atoms with van der Waals surface area (Å²) >= 11 is 1.67. The topological polar surface area (TPSA) is 79.7 Å². The van der Waals surface area contributed by atoms with E-state index in [-0.39, 0.29) is 12.7 Å². The highest BCUT2D eigenvalue weighted by Gasteiger charge is 2.23. The Morgan fingerprint density at radius 3 is 2.34 bits per heavy atom. The first-order valence-electron chi connectivity index (χ1n) is 13.1. The maximum atomic E-state index is 9.74. The summed E-state index contributed by atoms with van der Waals surface area (Å²) in [5.41, 5.74) is 3.01. The normalized spacial score (nSPS) is 14.2. The Labute approximate surface area is 228 Å². The van der Waals surface area contributed by atoms with E-state index in [0.717, 1.165) is 63.6 Å². The Balaban J connectivity index is 1.32. The van der Waals surface area contributed by atoms with Crippen molar-refractivity contribution in [1.82, 2.24) is 9.97 Å². The van der Waals surface area contributed by atoms with Gasteiger partial charge in [0.05, 0.1) is 31.4 Å². The van der Waals surface area contributed by atoms with Crippen molar-refractivity contribution in [2.75, 3.05) is 43.6 Å². The number of para-hydroxylation sites is 1. The zero-order valence-electron chi connectivity index (χ0n) is 21.7. The van der Waals surface area contributed by atoms with E-state index in [1.54, 1.807) is 18.9 Å². The van der Waals surface area contributed by atoms with Crippen LogP contribution in [0, 0.1) is 0 Å². The van der Waals surface area contributed by atoms with E-state index in [2.05, 4.69) is 28.4 Å². The summed E-state index contributed by atoms with van der Waals surface area (Å²) in [6.07, 6.45) is 2.19. The fourth-order valence-corrected chi connectivity index (χ4v) is 5.75. The molecule has 198 valence electrons. The molecule has 8 heteroatoms. The molecule has 1 saturated heterocycles. The second-order valence-electron chi connectivity index (χ2n) is 9.27. The van der Waals surface area contributed by atoms with E-state index in [1.807, 2.05) is 54.6 Å². The van der Waals surface area contributed by atoms with Crippen molar-refractivity contribution in [3.63, 3.8) is 0 Å². The van der Waals surface area contributed by atoms with E-state index in [1.165, 1.54) is 0 Å². The van der Waals surface area contributed by atoms with Crippen LogP contribution in [0.25, 0.3) is 10.9 Å². The van der Waals surface area contributed by atoms with Crippen LogP contribution in [0.4, 0.5) is 11.8 Å². The van der Waals surface area contributed by atoms with Crippen LogP contribution in [0.3, 0.4) is 0 Å². The number of hydrogen-bond donors (Lipinski definition) is 2. The van der Waals surface area contributed by atoms with Crippen LogP contribution in [0.1, 0.15) is 24.0 Å². The number of methoxy groups -OCH3 is 1. The highest BCUT2D eigenvalue weighted by Crippen LogP contribution is 2.33. The molecule has 2 heterocycles. The van der Waals surface area contributed by atoms with Gasteiger partial charge < -0.3 is 24.8 Å². The van der Waals surface area contributed by atoms with Gasteiger partial charge in [0.2, 0.25) is 5.95 Å². The van der Waals surface area contributed by atoms with E-state index in [4.69, 9.17) is 19.4 Å². The summed E-state index contributed by atoms with van der Waals surface area (Å²) in [5.74, 6) is 1.58. The van der Waals surface area contributed by atoms with Gasteiger partial charge in [-0.25, -0.2) is 4.98 Å². The fraction of sp³-hybridized carbons (Fsp3) is 0.333. The maximum absolute atomic E-state index is 9.74. The minimum atomic E-state index is 0.0217. The van der Waals surface area contributed by atoms with Gasteiger partial charge in [0.15, 0.2) is 0 Å². The van der Waals surface area contributed by atoms with Crippen LogP contribution in [0.2, 0.25) is 0 Å². The zero-order valence-corrected chi connectivity index (χ0v) is 22.5. The second kappa shape index (κ2) is 13.1. The molecule has 2 N–H and O–H groups in total. The summed E-state index contributed by atoms with van der Waals surface area (Å²) in [6, 6.07) is 24.5. The van der Waals surface area contributed by atoms with Gasteiger partial charge in [-0.1, -0.05) is 60.3 Å². The predicted octanol–water partition coefficient (Wildman–Crippen LogP) is 5.52. The monoisotopic (exact) mass is 530 g/mol. The van der Waals surface area contributed by atoms with Gasteiger partial charge in [0.1, 0.15) is 5.82 Å². The lowest BCUT2D eigenvalue weighted by atomic mass is 10.1. The molecule has 0 aliphatic carbocycles. The number of fused-ring (bicyclic) bond motifs is 1. The first-order valence-corrected chi connectivity index (χ1v) is 13.9. The number of aliphatic hydroxyl groups is 1. The van der Waals surface area contributed by atoms with Crippen LogP contribution in [0.15, 0.2) is 82.6 Å². The molecule has 1 fully saturated rings. The fourth-order valence-electron chi connectivity index (χ4n) is 4.69. The Kier molecular flexibility index (Phi) is 9.09. The largest absolute Gasteiger partial charge is 0.392 e. The van der Waals surface area contributed by atoms with Crippen LogP contribution in [-0.2, 0) is 22.6 Å². The lowest BCUT2D eigenvalue weighted by Gasteiger charge is -2.33. The number of piperidine rings is 1. The zero-order chi connectivity index (χ0) is 26.2. The third-order valence-corrected chi connectivity index (χ3v) is 7.97. The van der Waals surface area contributed by atoms with Crippen molar-refractivity contribution >= 4 is 34.4 Å². The Bertz CT molecular complexity index is 1340. The van der Waals surface area contributed by atoms with Crippen LogP contribution < -0.4 is 10.2 Å². The maximum Gasteiger partial charge on any atom is 0.225 e. The first kappa shape index (κ1) is 26.4. The summed E-state index contributed by atoms with van der Waals surface area (Å²) in [7, 11) is 1.70. The van der Waals surface area contributed by atoms with Gasteiger partial charge in [-0.15, -0.1) is 0 Å². The molecule has 0 amide bonds. The average molecular weight is 531 g/mol. The number of benzene rings is 3. The van der Waals surface area contributed by atoms with Crippen LogP contribution in [0.5, 0.6) is 0 Å². The number of nitrogens with zero attached hydrogens (tertiary/aromatic N) is 3. The highest BCUT2D eigenvalue weighted by atomic mass is 32.2. The number of nitrogens with one attached hydrogen (secondary N) is 1. The second-order valence-corrected chi connectivity index (χ2v) is 10.4. The number of rotatable bonds is 11. The number of ether oxygens (including phenoxy) is 2. The van der Waals surface area contributed by atoms with Gasteiger partial charge in [0.25, 0.3) is 0 Å². The summed E-state index contributed by atoms with van der Waals surface area (Å²) < 4.78 is 11.1. The van der Waals surface area contributed by atoms with Crippen molar-refractivity contribution in [2.24, 2.45) is 0 Å². The minimum Gasteiger partial charge on any atom is -0.392 e. The highest BCUT2D eigenvalue weighted by molar-refractivity contribution is 7.99. The van der Waals surface area contributed by atoms with Crippen molar-refractivity contribution < 1.29 is 14.6 Å². The Morgan fingerprint density at radius 2 is 1.58 bits per heavy atom. The molecule has 5 rings (SSSR count). The molecule has 1 aliphatic heterocycles. The van der Waals surface area contributed by atoms with E-state index < -0.39 is 0 Å². The summed E-state index contributed by atoms with van der Waals surface area (Å²) in [6.45, 7) is 3.66. The molecule has 4 aromatic rings. The predicted molar refractivity (Wildman–Crippen MR) is 153 cm³/mol. The first-order chi connectivity index (χ1) is 18.7. The number of anilines is 2. The lowest BCUT2D eigenvalue weighted by molar-refractivity contribution is 0.00607. The molecular formula is C30H34N4O3S. The third kappa shape index (κ3) is 6.45. The van der Waals surface area contributed by atoms with Crippen molar-refractivity contribution in [2.45, 2.75) is 41.9 Å². The molecule has 3 aromatic carbocycles. The van der Waals surface area contributed by atoms with Gasteiger partial charge in [-0.2, -0.15) is 4.98 Å². The number of hydrogen-bond acceptors (Lipinski definition) is 8. The Morgan fingerprint density at radius 1 is 0.895 bits per heavy atom. The average Bonchev–Trinajstić information content (AvgIpc) is 2.97. The van der Waals surface area contributed by atoms with Crippen LogP contribution in [-0.4, -0.2) is 54.6 Å². The standard InChI is InChI=1S/C30H34N4O3S/c1-36-18-19-37-24-14-16-34(17-15-24)29-25-10-4-5-11-26(25)32-30(33-29)31-20-22-8-2-6-12-27(22)38-28-13-7-3-9-23(28)21-35/h2-13,24,35H,14-21H2,1H3,(H,31,32,33). The quantitative estimate of drug-likeness (QED) is 0.246. The molecule has 1 aliphatic rings. The van der Waals surface area contributed by atoms with E-state index in [0.29, 0.717) is 25.7 Å². The molecule has 0 radical (unpaired) electrons. The van der Waals surface area contributed by atoms with Gasteiger partial charge in [-0.05, 0) is 48.2 Å². The summed E-state index contributed by atoms with van der Waals surface area (Å²) in [5, 5.41) is 14.3. The summed E-state index contributed by atoms with van der Waals surface area (Å²) in [4.78, 5) is 14.4. The smallest absolute Gasteiger partial charge is 0.225 e. The SMILES string of the molecule is COCCOC1CCN(c2nc(NCc3ccccc3Sc3ccccc3CO)nc3ccccc23)CC1. The third-order valence-electron chi connectivity index (χ3n) is 6.74. The van der Waals surface area contributed by atoms with E-state index in [9.17, 15) is 5.11 Å². The molecule has 0 saturated carbocycles. The molecule has 0 atom stereocenters. The molecular weight excluding hydrogens is 496 g/mol.